The molecule has 20 heavy (non-hydrogen) atoms. The molecule has 0 bridgehead atoms. The first-order valence-electron chi connectivity index (χ1n) is 5.67. The number of furan rings is 1. The number of hydrogen-bond donors (Lipinski definition) is 0. The van der Waals surface area contributed by atoms with Gasteiger partial charge in [0.2, 0.25) is 5.76 Å². The number of carbonyl (C=O) groups excluding carboxylic acids is 2. The van der Waals surface area contributed by atoms with Gasteiger partial charge in [-0.1, -0.05) is 0 Å². The Morgan fingerprint density at radius 1 is 1.05 bits per heavy atom. The van der Waals surface area contributed by atoms with Crippen molar-refractivity contribution >= 4 is 11.9 Å². The highest BCUT2D eigenvalue weighted by Crippen LogP contribution is 2.29. The lowest BCUT2D eigenvalue weighted by atomic mass is 10.2. The second-order valence-electron chi connectivity index (χ2n) is 3.72. The van der Waals surface area contributed by atoms with E-state index >= 15 is 0 Å². The Balaban J connectivity index is 2.24. The number of esters is 2. The van der Waals surface area contributed by atoms with Gasteiger partial charge in [-0.05, 0) is 30.3 Å². The average Bonchev–Trinajstić information content (AvgIpc) is 3.01. The van der Waals surface area contributed by atoms with Crippen LogP contribution in [0.1, 0.15) is 20.9 Å². The number of methoxy groups -OCH3 is 2. The summed E-state index contributed by atoms with van der Waals surface area (Å²) in [5, 5.41) is 0. The third-order valence-corrected chi connectivity index (χ3v) is 2.51. The summed E-state index contributed by atoms with van der Waals surface area (Å²) in [6.07, 6.45) is 1.37. The summed E-state index contributed by atoms with van der Waals surface area (Å²) in [4.78, 5) is 23.2. The molecule has 0 aliphatic heterocycles. The van der Waals surface area contributed by atoms with E-state index in [1.54, 1.807) is 6.07 Å². The van der Waals surface area contributed by atoms with Gasteiger partial charge < -0.3 is 18.6 Å². The van der Waals surface area contributed by atoms with E-state index in [4.69, 9.17) is 13.9 Å². The third kappa shape index (κ3) is 2.80. The lowest BCUT2D eigenvalue weighted by molar-refractivity contribution is 0.0600. The molecule has 0 saturated heterocycles. The molecular formula is C14H12O6. The molecule has 1 aromatic carbocycles. The van der Waals surface area contributed by atoms with E-state index in [0.29, 0.717) is 5.56 Å². The minimum Gasteiger partial charge on any atom is -0.493 e. The second-order valence-corrected chi connectivity index (χ2v) is 3.72. The number of rotatable bonds is 4. The van der Waals surface area contributed by atoms with Crippen LogP contribution in [0, 0.1) is 0 Å². The van der Waals surface area contributed by atoms with Gasteiger partial charge in [-0.15, -0.1) is 0 Å². The quantitative estimate of drug-likeness (QED) is 0.630. The summed E-state index contributed by atoms with van der Waals surface area (Å²) in [7, 11) is 2.68. The summed E-state index contributed by atoms with van der Waals surface area (Å²) < 4.78 is 19.8. The zero-order valence-electron chi connectivity index (χ0n) is 10.9. The molecular weight excluding hydrogens is 264 g/mol. The van der Waals surface area contributed by atoms with Crippen LogP contribution in [0.2, 0.25) is 0 Å². The highest BCUT2D eigenvalue weighted by Gasteiger charge is 2.16. The molecule has 0 amide bonds. The minimum atomic E-state index is -0.654. The zero-order chi connectivity index (χ0) is 14.5. The molecule has 1 aromatic heterocycles. The van der Waals surface area contributed by atoms with E-state index in [0.717, 1.165) is 0 Å². The third-order valence-electron chi connectivity index (χ3n) is 2.51. The Kier molecular flexibility index (Phi) is 4.05. The number of ether oxygens (including phenoxy) is 3. The molecule has 6 heteroatoms. The van der Waals surface area contributed by atoms with E-state index in [1.807, 2.05) is 0 Å². The van der Waals surface area contributed by atoms with Gasteiger partial charge in [0, 0.05) is 0 Å². The molecule has 0 aliphatic carbocycles. The fourth-order valence-electron chi connectivity index (χ4n) is 1.54. The zero-order valence-corrected chi connectivity index (χ0v) is 10.9. The van der Waals surface area contributed by atoms with E-state index in [1.165, 1.54) is 44.7 Å². The predicted molar refractivity (Wildman–Crippen MR) is 68.0 cm³/mol. The molecule has 0 N–H and O–H groups in total. The van der Waals surface area contributed by atoms with Gasteiger partial charge in [0.15, 0.2) is 11.5 Å². The van der Waals surface area contributed by atoms with Crippen molar-refractivity contribution < 1.29 is 28.2 Å². The van der Waals surface area contributed by atoms with E-state index in [9.17, 15) is 9.59 Å². The monoisotopic (exact) mass is 276 g/mol. The molecule has 104 valence electrons. The number of benzene rings is 1. The first kappa shape index (κ1) is 13.7. The van der Waals surface area contributed by atoms with Crippen LogP contribution in [-0.4, -0.2) is 26.2 Å². The van der Waals surface area contributed by atoms with Crippen molar-refractivity contribution in [1.29, 1.82) is 0 Å². The standard InChI is InChI=1S/C14H12O6/c1-17-12-8-9(13(15)18-2)5-6-10(12)20-14(16)11-4-3-7-19-11/h3-8H,1-2H3. The van der Waals surface area contributed by atoms with Gasteiger partial charge in [0.25, 0.3) is 0 Å². The Bertz CT molecular complexity index is 615. The number of carbonyl (C=O) groups is 2. The lowest BCUT2D eigenvalue weighted by Crippen LogP contribution is -2.09. The molecule has 0 aliphatic rings. The van der Waals surface area contributed by atoms with E-state index in [-0.39, 0.29) is 17.3 Å². The van der Waals surface area contributed by atoms with Crippen molar-refractivity contribution in [3.8, 4) is 11.5 Å². The van der Waals surface area contributed by atoms with Crippen molar-refractivity contribution in [2.75, 3.05) is 14.2 Å². The summed E-state index contributed by atoms with van der Waals surface area (Å²) in [5.74, 6) is -0.662. The second kappa shape index (κ2) is 5.92. The molecule has 2 aromatic rings. The van der Waals surface area contributed by atoms with Crippen LogP contribution in [0.3, 0.4) is 0 Å². The summed E-state index contributed by atoms with van der Waals surface area (Å²) in [6.45, 7) is 0. The summed E-state index contributed by atoms with van der Waals surface area (Å²) >= 11 is 0. The highest BCUT2D eigenvalue weighted by atomic mass is 16.6. The highest BCUT2D eigenvalue weighted by molar-refractivity contribution is 5.91. The Labute approximate surface area is 114 Å². The molecule has 0 fully saturated rings. The number of hydrogen-bond acceptors (Lipinski definition) is 6. The van der Waals surface area contributed by atoms with Gasteiger partial charge in [-0.2, -0.15) is 0 Å². The van der Waals surface area contributed by atoms with Crippen molar-refractivity contribution in [2.45, 2.75) is 0 Å². The topological polar surface area (TPSA) is 75.0 Å². The lowest BCUT2D eigenvalue weighted by Gasteiger charge is -2.09. The van der Waals surface area contributed by atoms with Crippen LogP contribution in [0.4, 0.5) is 0 Å². The summed E-state index contributed by atoms with van der Waals surface area (Å²) in [6, 6.07) is 7.41. The first-order valence-corrected chi connectivity index (χ1v) is 5.67. The molecule has 2 rings (SSSR count). The van der Waals surface area contributed by atoms with Crippen molar-refractivity contribution in [3.05, 3.63) is 47.9 Å². The molecule has 0 atom stereocenters. The smallest absolute Gasteiger partial charge is 0.379 e. The van der Waals surface area contributed by atoms with E-state index in [2.05, 4.69) is 4.74 Å². The fraction of sp³-hybridized carbons (Fsp3) is 0.143. The maximum Gasteiger partial charge on any atom is 0.379 e. The van der Waals surface area contributed by atoms with Gasteiger partial charge in [-0.25, -0.2) is 9.59 Å². The Hall–Kier alpha value is -2.76. The molecule has 6 nitrogen and oxygen atoms in total. The average molecular weight is 276 g/mol. The largest absolute Gasteiger partial charge is 0.493 e. The van der Waals surface area contributed by atoms with Gasteiger partial charge in [0.05, 0.1) is 26.0 Å². The van der Waals surface area contributed by atoms with Crippen molar-refractivity contribution in [3.63, 3.8) is 0 Å². The van der Waals surface area contributed by atoms with Crippen LogP contribution in [0.25, 0.3) is 0 Å². The predicted octanol–water partition coefficient (Wildman–Crippen LogP) is 2.29. The maximum absolute atomic E-state index is 11.8. The first-order chi connectivity index (χ1) is 9.65. The van der Waals surface area contributed by atoms with Crippen LogP contribution in [-0.2, 0) is 4.74 Å². The molecule has 0 saturated carbocycles. The molecule has 0 radical (unpaired) electrons. The fourth-order valence-corrected chi connectivity index (χ4v) is 1.54. The minimum absolute atomic E-state index is 0.0732. The normalized spacial score (nSPS) is 9.90. The van der Waals surface area contributed by atoms with Gasteiger partial charge >= 0.3 is 11.9 Å². The van der Waals surface area contributed by atoms with E-state index < -0.39 is 11.9 Å². The Morgan fingerprint density at radius 2 is 1.85 bits per heavy atom. The van der Waals surface area contributed by atoms with Crippen molar-refractivity contribution in [2.24, 2.45) is 0 Å². The molecule has 0 spiro atoms. The van der Waals surface area contributed by atoms with Crippen molar-refractivity contribution in [1.82, 2.24) is 0 Å². The van der Waals surface area contributed by atoms with Crippen LogP contribution >= 0.6 is 0 Å². The van der Waals surface area contributed by atoms with Crippen LogP contribution in [0.5, 0.6) is 11.5 Å². The maximum atomic E-state index is 11.8. The summed E-state index contributed by atoms with van der Waals surface area (Å²) in [5.41, 5.74) is 0.294. The molecule has 1 heterocycles. The van der Waals surface area contributed by atoms with Gasteiger partial charge in [0.1, 0.15) is 0 Å². The SMILES string of the molecule is COC(=O)c1ccc(OC(=O)c2ccco2)c(OC)c1. The molecule has 0 unspecified atom stereocenters. The van der Waals surface area contributed by atoms with Crippen LogP contribution in [0.15, 0.2) is 41.0 Å². The van der Waals surface area contributed by atoms with Crippen LogP contribution < -0.4 is 9.47 Å². The van der Waals surface area contributed by atoms with Gasteiger partial charge in [-0.3, -0.25) is 0 Å². The Morgan fingerprint density at radius 3 is 2.45 bits per heavy atom.